The van der Waals surface area contributed by atoms with Crippen molar-refractivity contribution in [2.75, 3.05) is 13.1 Å². The first-order valence-corrected chi connectivity index (χ1v) is 5.03. The second kappa shape index (κ2) is 6.92. The predicted octanol–water partition coefficient (Wildman–Crippen LogP) is 0.563. The van der Waals surface area contributed by atoms with Crippen LogP contribution in [0.2, 0.25) is 0 Å². The van der Waals surface area contributed by atoms with E-state index < -0.39 is 0 Å². The zero-order chi connectivity index (χ0) is 11.8. The predicted molar refractivity (Wildman–Crippen MR) is 58.9 cm³/mol. The Morgan fingerprint density at radius 3 is 2.60 bits per heavy atom. The lowest BCUT2D eigenvalue weighted by atomic mass is 10.3. The van der Waals surface area contributed by atoms with Crippen molar-refractivity contribution in [1.29, 1.82) is 0 Å². The molecule has 0 fully saturated rings. The molecule has 4 N–H and O–H groups in total. The van der Waals surface area contributed by atoms with E-state index in [0.29, 0.717) is 19.5 Å². The van der Waals surface area contributed by atoms with Gasteiger partial charge in [0, 0.05) is 25.6 Å². The first-order chi connectivity index (χ1) is 7.02. The van der Waals surface area contributed by atoms with Crippen LogP contribution < -0.4 is 11.1 Å². The topological polar surface area (TPSA) is 91.0 Å². The number of hydrogen-bond donors (Lipinski definition) is 3. The molecule has 0 aromatic carbocycles. The standard InChI is InChI=1S/C9H20N4O2/c1-4-11-9(14)13(7(2)3)6-5-8(10)12-15/h7,15H,4-6H2,1-3H3,(H2,10,12)(H,11,14). The van der Waals surface area contributed by atoms with Crippen molar-refractivity contribution < 1.29 is 10.0 Å². The molecule has 6 nitrogen and oxygen atoms in total. The van der Waals surface area contributed by atoms with Crippen molar-refractivity contribution in [3.63, 3.8) is 0 Å². The van der Waals surface area contributed by atoms with Gasteiger partial charge >= 0.3 is 6.03 Å². The van der Waals surface area contributed by atoms with Crippen molar-refractivity contribution in [3.05, 3.63) is 0 Å². The molecule has 88 valence electrons. The number of amidine groups is 1. The quantitative estimate of drug-likeness (QED) is 0.271. The summed E-state index contributed by atoms with van der Waals surface area (Å²) in [5.74, 6) is 0.130. The highest BCUT2D eigenvalue weighted by Gasteiger charge is 2.15. The second-order valence-electron chi connectivity index (χ2n) is 3.46. The normalized spacial score (nSPS) is 11.6. The lowest BCUT2D eigenvalue weighted by Gasteiger charge is -2.26. The second-order valence-corrected chi connectivity index (χ2v) is 3.46. The summed E-state index contributed by atoms with van der Waals surface area (Å²) in [7, 11) is 0. The molecule has 0 heterocycles. The zero-order valence-electron chi connectivity index (χ0n) is 9.53. The summed E-state index contributed by atoms with van der Waals surface area (Å²) in [4.78, 5) is 13.2. The Bertz CT molecular complexity index is 228. The lowest BCUT2D eigenvalue weighted by molar-refractivity contribution is 0.185. The van der Waals surface area contributed by atoms with Crippen molar-refractivity contribution >= 4 is 11.9 Å². The number of oxime groups is 1. The molecule has 0 saturated carbocycles. The van der Waals surface area contributed by atoms with Crippen LogP contribution in [0.15, 0.2) is 5.16 Å². The highest BCUT2D eigenvalue weighted by atomic mass is 16.4. The fraction of sp³-hybridized carbons (Fsp3) is 0.778. The van der Waals surface area contributed by atoms with Crippen LogP contribution in [0, 0.1) is 0 Å². The molecule has 0 aromatic rings. The van der Waals surface area contributed by atoms with Crippen LogP contribution in [-0.4, -0.2) is 41.1 Å². The number of urea groups is 1. The molecule has 0 aliphatic carbocycles. The SMILES string of the molecule is CCNC(=O)N(CCC(N)=NO)C(C)C. The van der Waals surface area contributed by atoms with Crippen LogP contribution in [-0.2, 0) is 0 Å². The summed E-state index contributed by atoms with van der Waals surface area (Å²) in [6.07, 6.45) is 0.367. The number of nitrogens with two attached hydrogens (primary N) is 1. The van der Waals surface area contributed by atoms with Gasteiger partial charge in [-0.05, 0) is 20.8 Å². The minimum absolute atomic E-state index is 0.0862. The smallest absolute Gasteiger partial charge is 0.317 e. The number of hydrogen-bond acceptors (Lipinski definition) is 3. The molecule has 0 aromatic heterocycles. The first kappa shape index (κ1) is 13.5. The maximum atomic E-state index is 11.6. The summed E-state index contributed by atoms with van der Waals surface area (Å²) >= 11 is 0. The van der Waals surface area contributed by atoms with Crippen LogP contribution in [0.25, 0.3) is 0 Å². The summed E-state index contributed by atoms with van der Waals surface area (Å²) < 4.78 is 0. The minimum atomic E-state index is -0.127. The molecule has 0 atom stereocenters. The average molecular weight is 216 g/mol. The number of carbonyl (C=O) groups is 1. The van der Waals surface area contributed by atoms with Crippen molar-refractivity contribution in [3.8, 4) is 0 Å². The van der Waals surface area contributed by atoms with Gasteiger partial charge in [0.05, 0.1) is 0 Å². The third-order valence-corrected chi connectivity index (χ3v) is 1.95. The number of carbonyl (C=O) groups excluding carboxylic acids is 1. The van der Waals surface area contributed by atoms with Gasteiger partial charge in [-0.2, -0.15) is 0 Å². The van der Waals surface area contributed by atoms with Gasteiger partial charge in [-0.1, -0.05) is 5.16 Å². The molecule has 0 unspecified atom stereocenters. The van der Waals surface area contributed by atoms with E-state index in [1.54, 1.807) is 4.90 Å². The first-order valence-electron chi connectivity index (χ1n) is 5.03. The average Bonchev–Trinajstić information content (AvgIpc) is 2.17. The summed E-state index contributed by atoms with van der Waals surface area (Å²) in [6.45, 7) is 6.73. The van der Waals surface area contributed by atoms with Crippen molar-refractivity contribution in [2.24, 2.45) is 10.9 Å². The van der Waals surface area contributed by atoms with E-state index in [1.807, 2.05) is 20.8 Å². The Kier molecular flexibility index (Phi) is 6.24. The van der Waals surface area contributed by atoms with E-state index in [0.717, 1.165) is 0 Å². The minimum Gasteiger partial charge on any atom is -0.409 e. The molecule has 0 spiro atoms. The van der Waals surface area contributed by atoms with Gasteiger partial charge in [0.2, 0.25) is 0 Å². The summed E-state index contributed by atoms with van der Waals surface area (Å²) in [6, 6.07) is -0.0405. The third-order valence-electron chi connectivity index (χ3n) is 1.95. The maximum absolute atomic E-state index is 11.6. The summed E-state index contributed by atoms with van der Waals surface area (Å²) in [5.41, 5.74) is 5.34. The molecule has 0 rings (SSSR count). The highest BCUT2D eigenvalue weighted by molar-refractivity contribution is 5.81. The Balaban J connectivity index is 4.22. The van der Waals surface area contributed by atoms with Gasteiger partial charge in [-0.15, -0.1) is 0 Å². The highest BCUT2D eigenvalue weighted by Crippen LogP contribution is 2.00. The van der Waals surface area contributed by atoms with Gasteiger partial charge in [0.25, 0.3) is 0 Å². The molecular weight excluding hydrogens is 196 g/mol. The third kappa shape index (κ3) is 5.09. The molecule has 0 radical (unpaired) electrons. The zero-order valence-corrected chi connectivity index (χ0v) is 9.53. The van der Waals surface area contributed by atoms with Gasteiger partial charge < -0.3 is 21.2 Å². The van der Waals surface area contributed by atoms with Gasteiger partial charge in [-0.25, -0.2) is 4.79 Å². The summed E-state index contributed by atoms with van der Waals surface area (Å²) in [5, 5.41) is 13.9. The van der Waals surface area contributed by atoms with E-state index in [2.05, 4.69) is 10.5 Å². The molecule has 0 bridgehead atoms. The fourth-order valence-electron chi connectivity index (χ4n) is 1.13. The number of amides is 2. The molecule has 0 aliphatic heterocycles. The van der Waals surface area contributed by atoms with E-state index in [1.165, 1.54) is 0 Å². The number of nitrogens with one attached hydrogen (secondary N) is 1. The number of nitrogens with zero attached hydrogens (tertiary/aromatic N) is 2. The fourth-order valence-corrected chi connectivity index (χ4v) is 1.13. The lowest BCUT2D eigenvalue weighted by Crippen LogP contribution is -2.45. The Morgan fingerprint density at radius 2 is 2.20 bits per heavy atom. The van der Waals surface area contributed by atoms with E-state index in [4.69, 9.17) is 10.9 Å². The molecular formula is C9H20N4O2. The van der Waals surface area contributed by atoms with Gasteiger partial charge in [0.1, 0.15) is 5.84 Å². The van der Waals surface area contributed by atoms with Crippen molar-refractivity contribution in [2.45, 2.75) is 33.2 Å². The monoisotopic (exact) mass is 216 g/mol. The van der Waals surface area contributed by atoms with Gasteiger partial charge in [0.15, 0.2) is 0 Å². The van der Waals surface area contributed by atoms with E-state index in [-0.39, 0.29) is 17.9 Å². The van der Waals surface area contributed by atoms with Crippen LogP contribution in [0.3, 0.4) is 0 Å². The van der Waals surface area contributed by atoms with Crippen LogP contribution >= 0.6 is 0 Å². The Morgan fingerprint density at radius 1 is 1.60 bits per heavy atom. The largest absolute Gasteiger partial charge is 0.409 e. The molecule has 15 heavy (non-hydrogen) atoms. The van der Waals surface area contributed by atoms with E-state index in [9.17, 15) is 4.79 Å². The van der Waals surface area contributed by atoms with E-state index >= 15 is 0 Å². The maximum Gasteiger partial charge on any atom is 0.317 e. The Hall–Kier alpha value is -1.46. The van der Waals surface area contributed by atoms with Crippen LogP contribution in [0.5, 0.6) is 0 Å². The molecule has 2 amide bonds. The van der Waals surface area contributed by atoms with Gasteiger partial charge in [-0.3, -0.25) is 0 Å². The Labute approximate surface area is 90.1 Å². The molecule has 6 heteroatoms. The number of rotatable bonds is 5. The molecule has 0 aliphatic rings. The molecule has 0 saturated heterocycles. The van der Waals surface area contributed by atoms with Crippen molar-refractivity contribution in [1.82, 2.24) is 10.2 Å². The van der Waals surface area contributed by atoms with Crippen LogP contribution in [0.4, 0.5) is 4.79 Å². The van der Waals surface area contributed by atoms with Crippen LogP contribution in [0.1, 0.15) is 27.2 Å².